The minimum absolute atomic E-state index is 0.0150. The number of hydrogen-bond acceptors (Lipinski definition) is 8. The molecule has 0 aromatic rings. The van der Waals surface area contributed by atoms with Crippen LogP contribution in [0.1, 0.15) is 0 Å². The van der Waals surface area contributed by atoms with Crippen molar-refractivity contribution in [3.05, 3.63) is 0 Å². The number of rotatable bonds is 17. The highest BCUT2D eigenvalue weighted by molar-refractivity contribution is 4.68. The van der Waals surface area contributed by atoms with E-state index in [1.54, 1.807) is 14.2 Å². The average molecular weight is 326 g/mol. The van der Waals surface area contributed by atoms with E-state index in [1.165, 1.54) is 0 Å². The first-order valence-corrected chi connectivity index (χ1v) is 7.37. The molecule has 0 radical (unpaired) electrons. The van der Waals surface area contributed by atoms with Crippen molar-refractivity contribution in [3.8, 4) is 0 Å². The summed E-state index contributed by atoms with van der Waals surface area (Å²) in [5.41, 5.74) is 0. The highest BCUT2D eigenvalue weighted by atomic mass is 16.6. The van der Waals surface area contributed by atoms with Crippen molar-refractivity contribution < 1.29 is 38.6 Å². The van der Waals surface area contributed by atoms with Gasteiger partial charge in [-0.2, -0.15) is 0 Å². The van der Waals surface area contributed by atoms with Gasteiger partial charge in [0.25, 0.3) is 0 Å². The van der Waals surface area contributed by atoms with Crippen LogP contribution in [0.5, 0.6) is 0 Å². The fraction of sp³-hybridized carbons (Fsp3) is 1.00. The summed E-state index contributed by atoms with van der Waals surface area (Å²) >= 11 is 0. The van der Waals surface area contributed by atoms with E-state index in [1.807, 2.05) is 0 Å². The van der Waals surface area contributed by atoms with Crippen LogP contribution in [-0.2, 0) is 28.4 Å². The van der Waals surface area contributed by atoms with Crippen LogP contribution in [0.15, 0.2) is 0 Å². The monoisotopic (exact) mass is 326 g/mol. The number of aliphatic hydroxyl groups excluding tert-OH is 2. The molecule has 22 heavy (non-hydrogen) atoms. The molecule has 0 bridgehead atoms. The van der Waals surface area contributed by atoms with E-state index in [-0.39, 0.29) is 26.4 Å². The Morgan fingerprint density at radius 1 is 0.727 bits per heavy atom. The maximum Gasteiger partial charge on any atom is 0.109 e. The summed E-state index contributed by atoms with van der Waals surface area (Å²) in [4.78, 5) is 0. The minimum Gasteiger partial charge on any atom is -0.394 e. The molecule has 2 atom stereocenters. The van der Waals surface area contributed by atoms with Gasteiger partial charge in [-0.1, -0.05) is 0 Å². The van der Waals surface area contributed by atoms with Crippen LogP contribution in [0, 0.1) is 0 Å². The molecular weight excluding hydrogens is 296 g/mol. The summed E-state index contributed by atoms with van der Waals surface area (Å²) in [5, 5.41) is 18.6. The Balaban J connectivity index is 3.70. The fourth-order valence-electron chi connectivity index (χ4n) is 1.53. The Hall–Kier alpha value is -0.320. The topological polar surface area (TPSA) is 95.8 Å². The second-order valence-electron chi connectivity index (χ2n) is 4.45. The van der Waals surface area contributed by atoms with Gasteiger partial charge in [0.05, 0.1) is 66.1 Å². The Morgan fingerprint density at radius 2 is 1.36 bits per heavy atom. The van der Waals surface area contributed by atoms with Gasteiger partial charge in [-0.15, -0.1) is 0 Å². The van der Waals surface area contributed by atoms with E-state index in [9.17, 15) is 5.11 Å². The van der Waals surface area contributed by atoms with Crippen molar-refractivity contribution in [2.75, 3.05) is 80.3 Å². The average Bonchev–Trinajstić information content (AvgIpc) is 2.52. The van der Waals surface area contributed by atoms with Crippen LogP contribution >= 0.6 is 0 Å². The molecule has 134 valence electrons. The lowest BCUT2D eigenvalue weighted by molar-refractivity contribution is -0.109. The fourth-order valence-corrected chi connectivity index (χ4v) is 1.53. The third-order valence-corrected chi connectivity index (χ3v) is 2.65. The molecule has 2 N–H and O–H groups in total. The molecule has 0 aromatic carbocycles. The van der Waals surface area contributed by atoms with Crippen LogP contribution in [0.2, 0.25) is 0 Å². The summed E-state index contributed by atoms with van der Waals surface area (Å²) in [7, 11) is 3.15. The van der Waals surface area contributed by atoms with E-state index >= 15 is 0 Å². The van der Waals surface area contributed by atoms with Gasteiger partial charge in [0.15, 0.2) is 0 Å². The lowest BCUT2D eigenvalue weighted by Crippen LogP contribution is -2.37. The van der Waals surface area contributed by atoms with Crippen LogP contribution < -0.4 is 0 Å². The standard InChI is InChI=1S/C14H30O8/c1-17-5-6-20-9-10-22-14(12-18-2)13(16)11-21-8-7-19-4-3-15/h13-16H,3-12H2,1-2H3. The Bertz CT molecular complexity index is 217. The number of aliphatic hydroxyl groups is 2. The molecule has 0 amide bonds. The van der Waals surface area contributed by atoms with E-state index < -0.39 is 12.2 Å². The van der Waals surface area contributed by atoms with Crippen molar-refractivity contribution >= 4 is 0 Å². The van der Waals surface area contributed by atoms with Crippen LogP contribution in [0.25, 0.3) is 0 Å². The van der Waals surface area contributed by atoms with Gasteiger partial charge in [0, 0.05) is 14.2 Å². The maximum absolute atomic E-state index is 10.0. The zero-order chi connectivity index (χ0) is 16.5. The van der Waals surface area contributed by atoms with Crippen LogP contribution in [-0.4, -0.2) is 103 Å². The number of ether oxygens (including phenoxy) is 6. The largest absolute Gasteiger partial charge is 0.394 e. The van der Waals surface area contributed by atoms with Gasteiger partial charge in [-0.05, 0) is 0 Å². The first-order valence-electron chi connectivity index (χ1n) is 7.37. The SMILES string of the molecule is COCCOCCOC(COC)C(O)COCCOCCO. The Labute approximate surface area is 132 Å². The van der Waals surface area contributed by atoms with Crippen molar-refractivity contribution in [3.63, 3.8) is 0 Å². The number of methoxy groups -OCH3 is 2. The third-order valence-electron chi connectivity index (χ3n) is 2.65. The van der Waals surface area contributed by atoms with Gasteiger partial charge in [0.2, 0.25) is 0 Å². The predicted octanol–water partition coefficient (Wildman–Crippen LogP) is -0.933. The molecule has 0 aromatic heterocycles. The molecule has 0 aliphatic carbocycles. The molecule has 0 saturated heterocycles. The van der Waals surface area contributed by atoms with Crippen LogP contribution in [0.3, 0.4) is 0 Å². The summed E-state index contributed by atoms with van der Waals surface area (Å²) in [6, 6.07) is 0. The van der Waals surface area contributed by atoms with Gasteiger partial charge in [-0.25, -0.2) is 0 Å². The molecule has 0 heterocycles. The molecule has 0 rings (SSSR count). The van der Waals surface area contributed by atoms with E-state index in [0.717, 1.165) is 0 Å². The van der Waals surface area contributed by atoms with E-state index in [0.29, 0.717) is 39.6 Å². The lowest BCUT2D eigenvalue weighted by atomic mass is 10.2. The van der Waals surface area contributed by atoms with Gasteiger partial charge >= 0.3 is 0 Å². The Morgan fingerprint density at radius 3 is 2.05 bits per heavy atom. The quantitative estimate of drug-likeness (QED) is 0.331. The van der Waals surface area contributed by atoms with Crippen LogP contribution in [0.4, 0.5) is 0 Å². The second kappa shape index (κ2) is 17.0. The molecule has 0 saturated carbocycles. The summed E-state index contributed by atoms with van der Waals surface area (Å²) in [6.07, 6.45) is -1.27. The molecule has 0 aliphatic rings. The summed E-state index contributed by atoms with van der Waals surface area (Å²) in [5.74, 6) is 0. The zero-order valence-electron chi connectivity index (χ0n) is 13.6. The van der Waals surface area contributed by atoms with Crippen molar-refractivity contribution in [1.29, 1.82) is 0 Å². The second-order valence-corrected chi connectivity index (χ2v) is 4.45. The van der Waals surface area contributed by atoms with Crippen molar-refractivity contribution in [2.45, 2.75) is 12.2 Å². The highest BCUT2D eigenvalue weighted by Crippen LogP contribution is 2.02. The zero-order valence-corrected chi connectivity index (χ0v) is 13.6. The lowest BCUT2D eigenvalue weighted by Gasteiger charge is -2.22. The first kappa shape index (κ1) is 21.7. The highest BCUT2D eigenvalue weighted by Gasteiger charge is 2.20. The Kier molecular flexibility index (Phi) is 16.8. The van der Waals surface area contributed by atoms with Gasteiger partial charge < -0.3 is 38.6 Å². The van der Waals surface area contributed by atoms with Crippen molar-refractivity contribution in [2.24, 2.45) is 0 Å². The van der Waals surface area contributed by atoms with E-state index in [2.05, 4.69) is 0 Å². The van der Waals surface area contributed by atoms with Gasteiger partial charge in [0.1, 0.15) is 12.2 Å². The smallest absolute Gasteiger partial charge is 0.109 e. The third kappa shape index (κ3) is 13.4. The molecule has 2 unspecified atom stereocenters. The molecule has 8 nitrogen and oxygen atoms in total. The van der Waals surface area contributed by atoms with Crippen molar-refractivity contribution in [1.82, 2.24) is 0 Å². The van der Waals surface area contributed by atoms with E-state index in [4.69, 9.17) is 33.5 Å². The molecule has 8 heteroatoms. The molecular formula is C14H30O8. The number of hydrogen-bond donors (Lipinski definition) is 2. The minimum atomic E-state index is -0.795. The molecule has 0 fully saturated rings. The normalized spacial score (nSPS) is 14.2. The molecule has 0 spiro atoms. The van der Waals surface area contributed by atoms with Gasteiger partial charge in [-0.3, -0.25) is 0 Å². The molecule has 0 aliphatic heterocycles. The summed E-state index contributed by atoms with van der Waals surface area (Å²) in [6.45, 7) is 3.20. The first-order chi connectivity index (χ1) is 10.8. The predicted molar refractivity (Wildman–Crippen MR) is 79.0 cm³/mol. The summed E-state index contributed by atoms with van der Waals surface area (Å²) < 4.78 is 31.0. The maximum atomic E-state index is 10.0.